The van der Waals surface area contributed by atoms with Crippen LogP contribution >= 0.6 is 15.9 Å². The van der Waals surface area contributed by atoms with E-state index in [1.165, 1.54) is 0 Å². The van der Waals surface area contributed by atoms with Gasteiger partial charge < -0.3 is 0 Å². The van der Waals surface area contributed by atoms with E-state index in [4.69, 9.17) is 0 Å². The van der Waals surface area contributed by atoms with Gasteiger partial charge in [0.05, 0.1) is 0 Å². The molecule has 1 heterocycles. The molecular formula is C4H4BrF2NO. The Kier molecular flexibility index (Phi) is 1.27. The fourth-order valence-electron chi connectivity index (χ4n) is 0.585. The van der Waals surface area contributed by atoms with Gasteiger partial charge in [0.15, 0.2) is 0 Å². The summed E-state index contributed by atoms with van der Waals surface area (Å²) in [6, 6.07) is 0. The lowest BCUT2D eigenvalue weighted by atomic mass is 10.7. The molecule has 0 aliphatic carbocycles. The van der Waals surface area contributed by atoms with Gasteiger partial charge in [0.1, 0.15) is 0 Å². The SMILES string of the molecule is CC(=O)N1C(F)C1(F)Br. The molecule has 2 nitrogen and oxygen atoms in total. The number of amides is 1. The van der Waals surface area contributed by atoms with Crippen LogP contribution in [0.2, 0.25) is 0 Å². The van der Waals surface area contributed by atoms with Crippen LogP contribution in [0.15, 0.2) is 0 Å². The van der Waals surface area contributed by atoms with Crippen molar-refractivity contribution >= 4 is 21.8 Å². The Bertz CT molecular complexity index is 161. The molecule has 1 amide bonds. The van der Waals surface area contributed by atoms with Crippen LogP contribution in [0.5, 0.6) is 0 Å². The lowest BCUT2D eigenvalue weighted by Crippen LogP contribution is -2.10. The molecule has 1 saturated heterocycles. The Morgan fingerprint density at radius 3 is 2.22 bits per heavy atom. The molecule has 1 rings (SSSR count). The molecule has 52 valence electrons. The Balaban J connectivity index is 2.62. The van der Waals surface area contributed by atoms with Crippen molar-refractivity contribution in [3.63, 3.8) is 0 Å². The van der Waals surface area contributed by atoms with E-state index in [0.717, 1.165) is 6.92 Å². The van der Waals surface area contributed by atoms with Crippen LogP contribution in [0.25, 0.3) is 0 Å². The van der Waals surface area contributed by atoms with Gasteiger partial charge in [-0.3, -0.25) is 9.69 Å². The number of carbonyl (C=O) groups is 1. The first-order chi connectivity index (χ1) is 3.98. The summed E-state index contributed by atoms with van der Waals surface area (Å²) in [7, 11) is 0. The van der Waals surface area contributed by atoms with Gasteiger partial charge in [0.2, 0.25) is 12.2 Å². The van der Waals surface area contributed by atoms with Crippen molar-refractivity contribution in [1.82, 2.24) is 4.90 Å². The first kappa shape index (κ1) is 6.92. The maximum absolute atomic E-state index is 12.4. The van der Waals surface area contributed by atoms with E-state index in [0.29, 0.717) is 4.90 Å². The van der Waals surface area contributed by atoms with Crippen LogP contribution in [0.4, 0.5) is 8.78 Å². The van der Waals surface area contributed by atoms with Gasteiger partial charge in [0, 0.05) is 6.92 Å². The number of alkyl halides is 3. The number of nitrogens with zero attached hydrogens (tertiary/aromatic N) is 1. The molecule has 1 aliphatic rings. The maximum atomic E-state index is 12.4. The van der Waals surface area contributed by atoms with Crippen molar-refractivity contribution in [1.29, 1.82) is 0 Å². The third-order valence-electron chi connectivity index (χ3n) is 1.11. The molecule has 2 atom stereocenters. The number of halogens is 3. The number of rotatable bonds is 0. The van der Waals surface area contributed by atoms with Crippen molar-refractivity contribution in [2.75, 3.05) is 0 Å². The number of carbonyl (C=O) groups excluding carboxylic acids is 1. The zero-order valence-electron chi connectivity index (χ0n) is 4.57. The summed E-state index contributed by atoms with van der Waals surface area (Å²) >= 11 is 2.38. The van der Waals surface area contributed by atoms with Gasteiger partial charge in [-0.15, -0.1) is 0 Å². The quantitative estimate of drug-likeness (QED) is 0.326. The third kappa shape index (κ3) is 0.831. The summed E-state index contributed by atoms with van der Waals surface area (Å²) < 4.78 is 22.2. The Labute approximate surface area is 58.9 Å². The Morgan fingerprint density at radius 2 is 2.22 bits per heavy atom. The van der Waals surface area contributed by atoms with Crippen molar-refractivity contribution in [2.24, 2.45) is 0 Å². The molecule has 0 radical (unpaired) electrons. The molecule has 1 aliphatic heterocycles. The summed E-state index contributed by atoms with van der Waals surface area (Å²) in [5.41, 5.74) is 0. The fraction of sp³-hybridized carbons (Fsp3) is 0.750. The Morgan fingerprint density at radius 1 is 1.89 bits per heavy atom. The fourth-order valence-corrected chi connectivity index (χ4v) is 1.12. The molecule has 0 spiro atoms. The average molecular weight is 200 g/mol. The minimum absolute atomic E-state index is 0.465. The zero-order chi connectivity index (χ0) is 7.23. The standard InChI is InChI=1S/C4H4BrF2NO/c1-2(9)8-3(6)4(8,5)7/h3H,1H3. The minimum Gasteiger partial charge on any atom is -0.275 e. The van der Waals surface area contributed by atoms with Crippen LogP contribution < -0.4 is 0 Å². The predicted molar refractivity (Wildman–Crippen MR) is 30.2 cm³/mol. The third-order valence-corrected chi connectivity index (χ3v) is 1.87. The molecule has 0 saturated carbocycles. The highest BCUT2D eigenvalue weighted by Crippen LogP contribution is 2.48. The van der Waals surface area contributed by atoms with E-state index in [1.807, 2.05) is 0 Å². The van der Waals surface area contributed by atoms with Crippen LogP contribution in [-0.4, -0.2) is 21.8 Å². The van der Waals surface area contributed by atoms with E-state index in [-0.39, 0.29) is 0 Å². The minimum atomic E-state index is -2.22. The van der Waals surface area contributed by atoms with Gasteiger partial charge >= 0.3 is 0 Å². The molecular weight excluding hydrogens is 196 g/mol. The lowest BCUT2D eigenvalue weighted by molar-refractivity contribution is -0.125. The second kappa shape index (κ2) is 1.65. The molecule has 0 aromatic carbocycles. The van der Waals surface area contributed by atoms with Crippen molar-refractivity contribution in [3.8, 4) is 0 Å². The van der Waals surface area contributed by atoms with Crippen molar-refractivity contribution in [2.45, 2.75) is 17.9 Å². The van der Waals surface area contributed by atoms with Gasteiger partial charge in [-0.2, -0.15) is 0 Å². The summed E-state index contributed by atoms with van der Waals surface area (Å²) in [6.07, 6.45) is -1.81. The normalized spacial score (nSPS) is 40.9. The summed E-state index contributed by atoms with van der Waals surface area (Å²) in [5, 5.41) is 0. The highest BCUT2D eigenvalue weighted by atomic mass is 79.9. The second-order valence-corrected chi connectivity index (χ2v) is 2.92. The second-order valence-electron chi connectivity index (χ2n) is 1.81. The number of hydrogen-bond acceptors (Lipinski definition) is 1. The van der Waals surface area contributed by atoms with Gasteiger partial charge in [-0.05, 0) is 15.9 Å². The smallest absolute Gasteiger partial charge is 0.275 e. The first-order valence-electron chi connectivity index (χ1n) is 2.29. The molecule has 9 heavy (non-hydrogen) atoms. The van der Waals surface area contributed by atoms with E-state index in [1.54, 1.807) is 0 Å². The van der Waals surface area contributed by atoms with E-state index >= 15 is 0 Å². The highest BCUT2D eigenvalue weighted by Gasteiger charge is 2.66. The van der Waals surface area contributed by atoms with Crippen molar-refractivity contribution in [3.05, 3.63) is 0 Å². The maximum Gasteiger partial charge on any atom is 0.292 e. The van der Waals surface area contributed by atoms with Gasteiger partial charge in [-0.1, -0.05) is 0 Å². The summed E-state index contributed by atoms with van der Waals surface area (Å²) in [5.74, 6) is -0.609. The monoisotopic (exact) mass is 199 g/mol. The van der Waals surface area contributed by atoms with Crippen LogP contribution in [0.3, 0.4) is 0 Å². The molecule has 0 bridgehead atoms. The van der Waals surface area contributed by atoms with Crippen molar-refractivity contribution < 1.29 is 13.6 Å². The molecule has 1 fully saturated rings. The van der Waals surface area contributed by atoms with Crippen LogP contribution in [0.1, 0.15) is 6.92 Å². The lowest BCUT2D eigenvalue weighted by Gasteiger charge is -1.92. The van der Waals surface area contributed by atoms with E-state index in [9.17, 15) is 13.6 Å². The summed E-state index contributed by atoms with van der Waals surface area (Å²) in [6.45, 7) is 1.11. The molecule has 0 N–H and O–H groups in total. The summed E-state index contributed by atoms with van der Waals surface area (Å²) in [4.78, 5) is 10.7. The zero-order valence-corrected chi connectivity index (χ0v) is 6.15. The van der Waals surface area contributed by atoms with E-state index in [2.05, 4.69) is 15.9 Å². The molecule has 5 heteroatoms. The van der Waals surface area contributed by atoms with E-state index < -0.39 is 16.9 Å². The highest BCUT2D eigenvalue weighted by molar-refractivity contribution is 9.10. The topological polar surface area (TPSA) is 20.1 Å². The van der Waals surface area contributed by atoms with Gasteiger partial charge in [-0.25, -0.2) is 8.78 Å². The van der Waals surface area contributed by atoms with Crippen LogP contribution in [0, 0.1) is 0 Å². The Hall–Kier alpha value is -0.190. The molecule has 0 aromatic heterocycles. The first-order valence-corrected chi connectivity index (χ1v) is 3.09. The number of hydrogen-bond donors (Lipinski definition) is 0. The average Bonchev–Trinajstić information content (AvgIpc) is 2.07. The predicted octanol–water partition coefficient (Wildman–Crippen LogP) is 1.16. The largest absolute Gasteiger partial charge is 0.292 e. The van der Waals surface area contributed by atoms with Crippen LogP contribution in [-0.2, 0) is 4.79 Å². The van der Waals surface area contributed by atoms with Gasteiger partial charge in [0.25, 0.3) is 4.70 Å². The molecule has 2 unspecified atom stereocenters. The molecule has 0 aromatic rings.